The second-order valence-corrected chi connectivity index (χ2v) is 3.02. The Morgan fingerprint density at radius 3 is 3.00 bits per heavy atom. The lowest BCUT2D eigenvalue weighted by Crippen LogP contribution is -2.32. The third-order valence-corrected chi connectivity index (χ3v) is 2.31. The molecule has 0 aromatic carbocycles. The maximum absolute atomic E-state index is 8.97. The number of nitrogens with zero attached hydrogens (tertiary/aromatic N) is 2. The van der Waals surface area contributed by atoms with Gasteiger partial charge in [-0.15, -0.1) is 0 Å². The van der Waals surface area contributed by atoms with Crippen molar-refractivity contribution in [3.8, 4) is 6.07 Å². The molecule has 0 unspecified atom stereocenters. The summed E-state index contributed by atoms with van der Waals surface area (Å²) in [4.78, 5) is 1.95. The first kappa shape index (κ1) is 9.46. The molecule has 1 fully saturated rings. The summed E-state index contributed by atoms with van der Waals surface area (Å²) in [6, 6.07) is 2.18. The first-order valence-electron chi connectivity index (χ1n) is 4.06. The highest BCUT2D eigenvalue weighted by Gasteiger charge is 2.30. The second kappa shape index (κ2) is 4.41. The van der Waals surface area contributed by atoms with Crippen LogP contribution < -0.4 is 0 Å². The maximum atomic E-state index is 8.97. The monoisotopic (exact) mass is 170 g/mol. The maximum Gasteiger partial charge on any atom is 0.0870 e. The van der Waals surface area contributed by atoms with Gasteiger partial charge in [0.15, 0.2) is 0 Å². The summed E-state index contributed by atoms with van der Waals surface area (Å²) >= 11 is 0. The zero-order valence-corrected chi connectivity index (χ0v) is 7.23. The minimum atomic E-state index is 0.106. The van der Waals surface area contributed by atoms with Gasteiger partial charge in [-0.2, -0.15) is 5.26 Å². The van der Waals surface area contributed by atoms with Crippen LogP contribution in [0.15, 0.2) is 0 Å². The van der Waals surface area contributed by atoms with Crippen LogP contribution in [0.1, 0.15) is 6.42 Å². The van der Waals surface area contributed by atoms with Gasteiger partial charge in [0, 0.05) is 19.7 Å². The summed E-state index contributed by atoms with van der Waals surface area (Å²) in [6.45, 7) is 1.25. The van der Waals surface area contributed by atoms with Gasteiger partial charge in [0.2, 0.25) is 0 Å². The Labute approximate surface area is 72.3 Å². The van der Waals surface area contributed by atoms with Crippen LogP contribution >= 0.6 is 0 Å². The number of hydrogen-bond acceptors (Lipinski definition) is 4. The summed E-state index contributed by atoms with van der Waals surface area (Å²) < 4.78 is 5.16. The van der Waals surface area contributed by atoms with Gasteiger partial charge in [-0.3, -0.25) is 4.90 Å². The van der Waals surface area contributed by atoms with Crippen molar-refractivity contribution in [3.63, 3.8) is 0 Å². The van der Waals surface area contributed by atoms with Crippen LogP contribution in [0.4, 0.5) is 0 Å². The van der Waals surface area contributed by atoms with Crippen molar-refractivity contribution in [3.05, 3.63) is 0 Å². The highest BCUT2D eigenvalue weighted by molar-refractivity contribution is 4.90. The molecule has 1 saturated heterocycles. The van der Waals surface area contributed by atoms with Gasteiger partial charge < -0.3 is 9.84 Å². The fourth-order valence-electron chi connectivity index (χ4n) is 1.58. The molecule has 0 aromatic heterocycles. The fraction of sp³-hybridized carbons (Fsp3) is 0.875. The summed E-state index contributed by atoms with van der Waals surface area (Å²) in [7, 11) is 1.66. The number of likely N-dealkylation sites (tertiary alicyclic amines) is 1. The number of aliphatic hydroxyl groups excluding tert-OH is 1. The molecule has 0 bridgehead atoms. The fourth-order valence-corrected chi connectivity index (χ4v) is 1.58. The molecule has 0 radical (unpaired) electrons. The van der Waals surface area contributed by atoms with E-state index in [2.05, 4.69) is 6.07 Å². The molecule has 1 N–H and O–H groups in total. The lowest BCUT2D eigenvalue weighted by atomic mass is 10.2. The molecule has 1 aliphatic heterocycles. The second-order valence-electron chi connectivity index (χ2n) is 3.02. The van der Waals surface area contributed by atoms with Crippen LogP contribution in [0.3, 0.4) is 0 Å². The van der Waals surface area contributed by atoms with Crippen molar-refractivity contribution in [2.45, 2.75) is 18.6 Å². The van der Waals surface area contributed by atoms with E-state index in [1.807, 2.05) is 4.90 Å². The van der Waals surface area contributed by atoms with E-state index in [0.717, 1.165) is 13.0 Å². The highest BCUT2D eigenvalue weighted by atomic mass is 16.5. The van der Waals surface area contributed by atoms with E-state index in [1.165, 1.54) is 0 Å². The van der Waals surface area contributed by atoms with Crippen molar-refractivity contribution in [2.24, 2.45) is 0 Å². The van der Waals surface area contributed by atoms with Crippen molar-refractivity contribution in [2.75, 3.05) is 26.8 Å². The molecule has 0 aromatic rings. The summed E-state index contributed by atoms with van der Waals surface area (Å²) in [6.07, 6.45) is 1.00. The lowest BCUT2D eigenvalue weighted by Gasteiger charge is -2.17. The molecule has 4 heteroatoms. The minimum absolute atomic E-state index is 0.106. The van der Waals surface area contributed by atoms with Crippen LogP contribution in [-0.2, 0) is 4.74 Å². The standard InChI is InChI=1S/C8H14N2O2/c1-12-8-4-7(6-11)10(5-8)3-2-9/h7-8,11H,3-6H2,1H3/t7-,8+/m0/s1. The highest BCUT2D eigenvalue weighted by Crippen LogP contribution is 2.18. The van der Waals surface area contributed by atoms with E-state index in [-0.39, 0.29) is 18.8 Å². The number of ether oxygens (including phenoxy) is 1. The van der Waals surface area contributed by atoms with Crippen molar-refractivity contribution in [1.82, 2.24) is 4.90 Å². The molecule has 0 amide bonds. The third kappa shape index (κ3) is 1.95. The van der Waals surface area contributed by atoms with Gasteiger partial charge in [0.05, 0.1) is 25.3 Å². The predicted octanol–water partition coefficient (Wildman–Crippen LogP) is -0.408. The van der Waals surface area contributed by atoms with Crippen LogP contribution in [-0.4, -0.2) is 49.0 Å². The molecule has 1 rings (SSSR count). The molecule has 0 saturated carbocycles. The van der Waals surface area contributed by atoms with Crippen molar-refractivity contribution >= 4 is 0 Å². The smallest absolute Gasteiger partial charge is 0.0870 e. The first-order valence-corrected chi connectivity index (χ1v) is 4.06. The Kier molecular flexibility index (Phi) is 3.48. The zero-order chi connectivity index (χ0) is 8.97. The van der Waals surface area contributed by atoms with Gasteiger partial charge in [-0.05, 0) is 6.42 Å². The predicted molar refractivity (Wildman–Crippen MR) is 43.5 cm³/mol. The number of rotatable bonds is 3. The molecule has 4 nitrogen and oxygen atoms in total. The average Bonchev–Trinajstić information content (AvgIpc) is 2.48. The molecule has 1 heterocycles. The lowest BCUT2D eigenvalue weighted by molar-refractivity contribution is 0.110. The first-order chi connectivity index (χ1) is 5.81. The minimum Gasteiger partial charge on any atom is -0.395 e. The van der Waals surface area contributed by atoms with Crippen molar-refractivity contribution < 1.29 is 9.84 Å². The van der Waals surface area contributed by atoms with Gasteiger partial charge in [0.1, 0.15) is 0 Å². The number of aliphatic hydroxyl groups is 1. The van der Waals surface area contributed by atoms with E-state index in [1.54, 1.807) is 7.11 Å². The quantitative estimate of drug-likeness (QED) is 0.585. The number of nitriles is 1. The third-order valence-electron chi connectivity index (χ3n) is 2.31. The summed E-state index contributed by atoms with van der Waals surface area (Å²) in [5.41, 5.74) is 0. The Morgan fingerprint density at radius 1 is 1.75 bits per heavy atom. The summed E-state index contributed by atoms with van der Waals surface area (Å²) in [5.74, 6) is 0. The van der Waals surface area contributed by atoms with Gasteiger partial charge >= 0.3 is 0 Å². The summed E-state index contributed by atoms with van der Waals surface area (Å²) in [5, 5.41) is 17.5. The van der Waals surface area contributed by atoms with Gasteiger partial charge in [-0.1, -0.05) is 0 Å². The molecule has 12 heavy (non-hydrogen) atoms. The van der Waals surface area contributed by atoms with Crippen molar-refractivity contribution in [1.29, 1.82) is 5.26 Å². The molecular weight excluding hydrogens is 156 g/mol. The van der Waals surface area contributed by atoms with Crippen LogP contribution in [0, 0.1) is 11.3 Å². The van der Waals surface area contributed by atoms with Gasteiger partial charge in [-0.25, -0.2) is 0 Å². The molecule has 2 atom stereocenters. The average molecular weight is 170 g/mol. The topological polar surface area (TPSA) is 56.5 Å². The Balaban J connectivity index is 2.45. The van der Waals surface area contributed by atoms with E-state index in [9.17, 15) is 0 Å². The van der Waals surface area contributed by atoms with Crippen LogP contribution in [0.25, 0.3) is 0 Å². The Bertz CT molecular complexity index is 178. The molecular formula is C8H14N2O2. The SMILES string of the molecule is CO[C@@H]1C[C@@H](CO)N(CC#N)C1. The largest absolute Gasteiger partial charge is 0.395 e. The Hall–Kier alpha value is -0.630. The number of methoxy groups -OCH3 is 1. The zero-order valence-electron chi connectivity index (χ0n) is 7.23. The van der Waals surface area contributed by atoms with E-state index in [0.29, 0.717) is 6.54 Å². The molecule has 68 valence electrons. The van der Waals surface area contributed by atoms with E-state index in [4.69, 9.17) is 15.1 Å². The number of hydrogen-bond donors (Lipinski definition) is 1. The normalized spacial score (nSPS) is 30.4. The van der Waals surface area contributed by atoms with E-state index < -0.39 is 0 Å². The van der Waals surface area contributed by atoms with E-state index >= 15 is 0 Å². The van der Waals surface area contributed by atoms with Crippen LogP contribution in [0.5, 0.6) is 0 Å². The molecule has 1 aliphatic rings. The molecule has 0 aliphatic carbocycles. The molecule has 0 spiro atoms. The van der Waals surface area contributed by atoms with Gasteiger partial charge in [0.25, 0.3) is 0 Å². The van der Waals surface area contributed by atoms with Crippen LogP contribution in [0.2, 0.25) is 0 Å². The Morgan fingerprint density at radius 2 is 2.50 bits per heavy atom.